The molecule has 2 aliphatic rings. The lowest BCUT2D eigenvalue weighted by Crippen LogP contribution is -2.46. The summed E-state index contributed by atoms with van der Waals surface area (Å²) < 4.78 is 11.9. The van der Waals surface area contributed by atoms with Crippen LogP contribution in [0, 0.1) is 11.8 Å². The van der Waals surface area contributed by atoms with Crippen LogP contribution in [0.2, 0.25) is 0 Å². The highest BCUT2D eigenvalue weighted by atomic mass is 16.5. The van der Waals surface area contributed by atoms with Crippen LogP contribution < -0.4 is 4.74 Å². The van der Waals surface area contributed by atoms with Crippen LogP contribution in [0.1, 0.15) is 90.7 Å². The van der Waals surface area contributed by atoms with Gasteiger partial charge in [0.2, 0.25) is 0 Å². The molecule has 1 aliphatic heterocycles. The molecule has 1 aliphatic carbocycles. The summed E-state index contributed by atoms with van der Waals surface area (Å²) in [5.74, 6) is 2.06. The molecule has 1 aromatic carbocycles. The highest BCUT2D eigenvalue weighted by Gasteiger charge is 2.47. The summed E-state index contributed by atoms with van der Waals surface area (Å²) in [5, 5.41) is 11.0. The number of fused-ring (bicyclic) bond motifs is 3. The minimum Gasteiger partial charge on any atom is -0.508 e. The largest absolute Gasteiger partial charge is 0.508 e. The zero-order valence-corrected chi connectivity index (χ0v) is 18.3. The van der Waals surface area contributed by atoms with Crippen LogP contribution in [0.25, 0.3) is 0 Å². The quantitative estimate of drug-likeness (QED) is 0.519. The number of aromatic hydroxyl groups is 1. The van der Waals surface area contributed by atoms with Crippen LogP contribution in [-0.2, 0) is 14.9 Å². The van der Waals surface area contributed by atoms with Gasteiger partial charge in [-0.3, -0.25) is 4.79 Å². The summed E-state index contributed by atoms with van der Waals surface area (Å²) in [6, 6.07) is 3.70. The highest BCUT2D eigenvalue weighted by molar-refractivity contribution is 5.82. The van der Waals surface area contributed by atoms with Crippen molar-refractivity contribution in [2.24, 2.45) is 11.8 Å². The summed E-state index contributed by atoms with van der Waals surface area (Å²) in [7, 11) is 0. The van der Waals surface area contributed by atoms with Crippen molar-refractivity contribution < 1.29 is 19.4 Å². The second-order valence-electron chi connectivity index (χ2n) is 9.86. The van der Waals surface area contributed by atoms with Gasteiger partial charge in [-0.25, -0.2) is 0 Å². The number of rotatable bonds is 5. The lowest BCUT2D eigenvalue weighted by molar-refractivity contribution is -0.149. The fourth-order valence-electron chi connectivity index (χ4n) is 4.93. The smallest absolute Gasteiger partial charge is 0.315 e. The van der Waals surface area contributed by atoms with E-state index in [0.29, 0.717) is 24.4 Å². The van der Waals surface area contributed by atoms with E-state index in [2.05, 4.69) is 27.7 Å². The van der Waals surface area contributed by atoms with Gasteiger partial charge in [0.05, 0.1) is 12.0 Å². The van der Waals surface area contributed by atoms with Gasteiger partial charge in [0.25, 0.3) is 0 Å². The molecule has 0 bridgehead atoms. The lowest BCUT2D eigenvalue weighted by Gasteiger charge is -2.49. The van der Waals surface area contributed by atoms with Gasteiger partial charge in [-0.05, 0) is 76.5 Å². The third-order valence-electron chi connectivity index (χ3n) is 6.83. The normalized spacial score (nSPS) is 26.0. The Morgan fingerprint density at radius 2 is 2.04 bits per heavy atom. The topological polar surface area (TPSA) is 55.8 Å². The van der Waals surface area contributed by atoms with Crippen molar-refractivity contribution in [2.45, 2.75) is 90.6 Å². The third-order valence-corrected chi connectivity index (χ3v) is 6.83. The molecule has 1 heterocycles. The van der Waals surface area contributed by atoms with E-state index >= 15 is 0 Å². The minimum atomic E-state index is -0.843. The van der Waals surface area contributed by atoms with Crippen LogP contribution in [0.4, 0.5) is 0 Å². The van der Waals surface area contributed by atoms with E-state index in [0.717, 1.165) is 42.6 Å². The minimum absolute atomic E-state index is 0.251. The monoisotopic (exact) mass is 388 g/mol. The number of benzene rings is 1. The van der Waals surface area contributed by atoms with Gasteiger partial charge in [0.1, 0.15) is 17.1 Å². The number of ether oxygens (including phenoxy) is 2. The number of phenols is 1. The van der Waals surface area contributed by atoms with Crippen molar-refractivity contribution in [1.82, 2.24) is 0 Å². The fourth-order valence-corrected chi connectivity index (χ4v) is 4.93. The second kappa shape index (κ2) is 7.61. The lowest BCUT2D eigenvalue weighted by atomic mass is 9.64. The molecular formula is C24H36O4. The Labute approximate surface area is 169 Å². The zero-order chi connectivity index (χ0) is 20.7. The Hall–Kier alpha value is -1.71. The molecule has 3 atom stereocenters. The molecule has 1 N–H and O–H groups in total. The van der Waals surface area contributed by atoms with E-state index in [1.165, 1.54) is 6.42 Å². The molecule has 28 heavy (non-hydrogen) atoms. The molecule has 0 saturated heterocycles. The molecule has 0 aromatic heterocycles. The van der Waals surface area contributed by atoms with Crippen LogP contribution in [0.3, 0.4) is 0 Å². The molecule has 1 aromatic rings. The number of esters is 1. The van der Waals surface area contributed by atoms with Gasteiger partial charge in [0, 0.05) is 11.5 Å². The van der Waals surface area contributed by atoms with E-state index < -0.39 is 5.41 Å². The predicted octanol–water partition coefficient (Wildman–Crippen LogP) is 5.70. The van der Waals surface area contributed by atoms with Gasteiger partial charge < -0.3 is 14.6 Å². The van der Waals surface area contributed by atoms with Gasteiger partial charge in [-0.1, -0.05) is 26.7 Å². The number of phenolic OH excluding ortho intramolecular Hbond substituents is 1. The van der Waals surface area contributed by atoms with E-state index in [1.807, 2.05) is 19.9 Å². The van der Waals surface area contributed by atoms with Crippen molar-refractivity contribution in [3.8, 4) is 11.5 Å². The summed E-state index contributed by atoms with van der Waals surface area (Å²) in [6.45, 7) is 12.8. The van der Waals surface area contributed by atoms with Gasteiger partial charge in [0.15, 0.2) is 0 Å². The number of hydrogen-bond donors (Lipinski definition) is 1. The molecule has 0 spiro atoms. The molecule has 2 unspecified atom stereocenters. The van der Waals surface area contributed by atoms with Crippen molar-refractivity contribution in [3.63, 3.8) is 0 Å². The molecule has 1 fully saturated rings. The number of carbonyl (C=O) groups excluding carboxylic acids is 1. The molecule has 156 valence electrons. The second-order valence-corrected chi connectivity index (χ2v) is 9.86. The van der Waals surface area contributed by atoms with Crippen molar-refractivity contribution >= 4 is 5.97 Å². The third kappa shape index (κ3) is 3.75. The van der Waals surface area contributed by atoms with Gasteiger partial charge in [-0.15, -0.1) is 0 Å². The summed E-state index contributed by atoms with van der Waals surface area (Å²) in [5.41, 5.74) is 0.539. The number of carbonyl (C=O) groups is 1. The van der Waals surface area contributed by atoms with Crippen LogP contribution in [-0.4, -0.2) is 23.3 Å². The van der Waals surface area contributed by atoms with Gasteiger partial charge in [-0.2, -0.15) is 0 Å². The number of unbranched alkanes of at least 4 members (excludes halogenated alkanes) is 1. The average Bonchev–Trinajstić information content (AvgIpc) is 2.60. The van der Waals surface area contributed by atoms with Crippen LogP contribution in [0.15, 0.2) is 12.1 Å². The maximum atomic E-state index is 12.7. The van der Waals surface area contributed by atoms with Crippen LogP contribution in [0.5, 0.6) is 11.5 Å². The Bertz CT molecular complexity index is 734. The average molecular weight is 389 g/mol. The predicted molar refractivity (Wildman–Crippen MR) is 111 cm³/mol. The Balaban J connectivity index is 1.97. The first-order chi connectivity index (χ1) is 13.1. The van der Waals surface area contributed by atoms with Crippen molar-refractivity contribution in [1.29, 1.82) is 0 Å². The maximum Gasteiger partial charge on any atom is 0.315 e. The summed E-state index contributed by atoms with van der Waals surface area (Å²) in [6.07, 6.45) is 5.24. The van der Waals surface area contributed by atoms with Crippen LogP contribution >= 0.6 is 0 Å². The Kier molecular flexibility index (Phi) is 5.71. The first-order valence-electron chi connectivity index (χ1n) is 10.8. The molecule has 3 rings (SSSR count). The molecule has 0 radical (unpaired) electrons. The summed E-state index contributed by atoms with van der Waals surface area (Å²) in [4.78, 5) is 12.7. The first-order valence-corrected chi connectivity index (χ1v) is 10.8. The zero-order valence-electron chi connectivity index (χ0n) is 18.3. The van der Waals surface area contributed by atoms with E-state index in [9.17, 15) is 9.90 Å². The Morgan fingerprint density at radius 1 is 1.32 bits per heavy atom. The van der Waals surface area contributed by atoms with Gasteiger partial charge >= 0.3 is 5.97 Å². The summed E-state index contributed by atoms with van der Waals surface area (Å²) >= 11 is 0. The van der Waals surface area contributed by atoms with E-state index in [-0.39, 0.29) is 17.3 Å². The van der Waals surface area contributed by atoms with E-state index in [4.69, 9.17) is 9.47 Å². The fraction of sp³-hybridized carbons (Fsp3) is 0.708. The molecular weight excluding hydrogens is 352 g/mol. The molecule has 4 heteroatoms. The molecule has 0 amide bonds. The number of hydrogen-bond acceptors (Lipinski definition) is 4. The van der Waals surface area contributed by atoms with Crippen molar-refractivity contribution in [3.05, 3.63) is 23.3 Å². The molecule has 1 saturated carbocycles. The Morgan fingerprint density at radius 3 is 2.71 bits per heavy atom. The SMILES string of the molecule is CCCCOC(=O)C(C)(C)c1cc(O)c2c(c1)OC(C)(C)C1CC[C@@H](C)CC21. The van der Waals surface area contributed by atoms with E-state index in [1.54, 1.807) is 6.07 Å². The van der Waals surface area contributed by atoms with Crippen molar-refractivity contribution in [2.75, 3.05) is 6.61 Å². The first kappa shape index (κ1) is 21.0. The maximum absolute atomic E-state index is 12.7. The molecule has 4 nitrogen and oxygen atoms in total. The standard InChI is InChI=1S/C24H36O4/c1-7-8-11-27-22(26)23(3,4)16-13-19(25)21-17-12-15(2)9-10-18(17)24(5,6)28-20(21)14-16/h13-15,17-18,25H,7-12H2,1-6H3/t15-,17?,18?/m1/s1. The highest BCUT2D eigenvalue weighted by Crippen LogP contribution is 2.55.